The van der Waals surface area contributed by atoms with Crippen molar-refractivity contribution in [1.29, 1.82) is 0 Å². The second-order valence-corrected chi connectivity index (χ2v) is 5.96. The molecule has 0 bridgehead atoms. The van der Waals surface area contributed by atoms with Gasteiger partial charge in [-0.2, -0.15) is 4.98 Å². The zero-order valence-electron chi connectivity index (χ0n) is 12.8. The standard InChI is InChI=1S/C15H26N4O/c1-4-8-16-14-17-11-12(2)13(18-14)19-9-5-6-15(3,20)7-10-19/h11,20H,4-10H2,1-3H3,(H,16,17,18). The molecule has 2 rings (SSSR count). The molecular weight excluding hydrogens is 252 g/mol. The molecule has 5 heteroatoms. The van der Waals surface area contributed by atoms with Gasteiger partial charge in [-0.05, 0) is 39.5 Å². The number of aryl methyl sites for hydroxylation is 1. The first-order valence-electron chi connectivity index (χ1n) is 7.57. The number of hydrogen-bond acceptors (Lipinski definition) is 5. The molecule has 1 aromatic rings. The Hall–Kier alpha value is -1.36. The van der Waals surface area contributed by atoms with E-state index >= 15 is 0 Å². The topological polar surface area (TPSA) is 61.3 Å². The SMILES string of the molecule is CCCNc1ncc(C)c(N2CCCC(C)(O)CC2)n1. The Labute approximate surface area is 121 Å². The van der Waals surface area contributed by atoms with Crippen molar-refractivity contribution in [2.75, 3.05) is 29.9 Å². The summed E-state index contributed by atoms with van der Waals surface area (Å²) in [5.74, 6) is 1.69. The van der Waals surface area contributed by atoms with Gasteiger partial charge in [0.15, 0.2) is 0 Å². The fourth-order valence-corrected chi connectivity index (χ4v) is 2.55. The highest BCUT2D eigenvalue weighted by atomic mass is 16.3. The van der Waals surface area contributed by atoms with E-state index in [-0.39, 0.29) is 0 Å². The first kappa shape index (κ1) is 15.0. The van der Waals surface area contributed by atoms with E-state index in [2.05, 4.69) is 27.1 Å². The van der Waals surface area contributed by atoms with Gasteiger partial charge in [0.2, 0.25) is 5.95 Å². The number of hydrogen-bond donors (Lipinski definition) is 2. The molecule has 0 amide bonds. The average molecular weight is 278 g/mol. The van der Waals surface area contributed by atoms with Crippen molar-refractivity contribution in [1.82, 2.24) is 9.97 Å². The second-order valence-electron chi connectivity index (χ2n) is 5.96. The Morgan fingerprint density at radius 3 is 2.95 bits per heavy atom. The van der Waals surface area contributed by atoms with Crippen LogP contribution in [0.2, 0.25) is 0 Å². The minimum Gasteiger partial charge on any atom is -0.390 e. The van der Waals surface area contributed by atoms with E-state index < -0.39 is 5.60 Å². The molecule has 20 heavy (non-hydrogen) atoms. The highest BCUT2D eigenvalue weighted by Gasteiger charge is 2.26. The van der Waals surface area contributed by atoms with E-state index in [0.717, 1.165) is 56.7 Å². The van der Waals surface area contributed by atoms with Crippen molar-refractivity contribution < 1.29 is 5.11 Å². The molecule has 0 saturated carbocycles. The molecule has 0 aromatic carbocycles. The lowest BCUT2D eigenvalue weighted by Gasteiger charge is -2.24. The predicted octanol–water partition coefficient (Wildman–Crippen LogP) is 2.35. The highest BCUT2D eigenvalue weighted by Crippen LogP contribution is 2.26. The molecular formula is C15H26N4O. The zero-order chi connectivity index (χ0) is 14.6. The molecule has 0 radical (unpaired) electrons. The zero-order valence-corrected chi connectivity index (χ0v) is 12.8. The molecule has 112 valence electrons. The molecule has 1 saturated heterocycles. The smallest absolute Gasteiger partial charge is 0.224 e. The van der Waals surface area contributed by atoms with Crippen molar-refractivity contribution in [2.24, 2.45) is 0 Å². The molecule has 0 spiro atoms. The Morgan fingerprint density at radius 1 is 1.40 bits per heavy atom. The molecule has 2 heterocycles. The quantitative estimate of drug-likeness (QED) is 0.885. The van der Waals surface area contributed by atoms with E-state index in [9.17, 15) is 5.11 Å². The maximum atomic E-state index is 10.2. The third-order valence-corrected chi connectivity index (χ3v) is 3.84. The molecule has 1 aromatic heterocycles. The van der Waals surface area contributed by atoms with Crippen LogP contribution in [0.25, 0.3) is 0 Å². The van der Waals surface area contributed by atoms with Crippen LogP contribution >= 0.6 is 0 Å². The van der Waals surface area contributed by atoms with Crippen LogP contribution < -0.4 is 10.2 Å². The minimum atomic E-state index is -0.543. The summed E-state index contributed by atoms with van der Waals surface area (Å²) in [6, 6.07) is 0. The van der Waals surface area contributed by atoms with Crippen LogP contribution in [0, 0.1) is 6.92 Å². The summed E-state index contributed by atoms with van der Waals surface area (Å²) in [4.78, 5) is 11.2. The summed E-state index contributed by atoms with van der Waals surface area (Å²) in [7, 11) is 0. The third kappa shape index (κ3) is 3.82. The number of anilines is 2. The van der Waals surface area contributed by atoms with Crippen LogP contribution in [0.3, 0.4) is 0 Å². The maximum absolute atomic E-state index is 10.2. The van der Waals surface area contributed by atoms with Crippen LogP contribution in [0.5, 0.6) is 0 Å². The fraction of sp³-hybridized carbons (Fsp3) is 0.733. The maximum Gasteiger partial charge on any atom is 0.224 e. The lowest BCUT2D eigenvalue weighted by atomic mass is 9.98. The molecule has 1 aliphatic heterocycles. The summed E-state index contributed by atoms with van der Waals surface area (Å²) in [5.41, 5.74) is 0.549. The van der Waals surface area contributed by atoms with Gasteiger partial charge in [-0.3, -0.25) is 0 Å². The molecule has 1 atom stereocenters. The van der Waals surface area contributed by atoms with Crippen molar-refractivity contribution in [2.45, 2.75) is 52.1 Å². The van der Waals surface area contributed by atoms with Gasteiger partial charge >= 0.3 is 0 Å². The molecule has 1 fully saturated rings. The van der Waals surface area contributed by atoms with E-state index in [4.69, 9.17) is 0 Å². The molecule has 2 N–H and O–H groups in total. The third-order valence-electron chi connectivity index (χ3n) is 3.84. The molecule has 1 aliphatic rings. The monoisotopic (exact) mass is 278 g/mol. The van der Waals surface area contributed by atoms with Gasteiger partial charge in [0.1, 0.15) is 5.82 Å². The average Bonchev–Trinajstić information content (AvgIpc) is 2.59. The first-order valence-corrected chi connectivity index (χ1v) is 7.57. The van der Waals surface area contributed by atoms with Crippen molar-refractivity contribution >= 4 is 11.8 Å². The number of rotatable bonds is 4. The summed E-state index contributed by atoms with van der Waals surface area (Å²) in [5, 5.41) is 13.4. The number of nitrogens with zero attached hydrogens (tertiary/aromatic N) is 3. The Kier molecular flexibility index (Phi) is 4.81. The predicted molar refractivity (Wildman–Crippen MR) is 82.2 cm³/mol. The Bertz CT molecular complexity index is 447. The fourth-order valence-electron chi connectivity index (χ4n) is 2.55. The highest BCUT2D eigenvalue weighted by molar-refractivity contribution is 5.49. The minimum absolute atomic E-state index is 0.543. The van der Waals surface area contributed by atoms with Gasteiger partial charge in [0.25, 0.3) is 0 Å². The summed E-state index contributed by atoms with van der Waals surface area (Å²) >= 11 is 0. The van der Waals surface area contributed by atoms with Crippen molar-refractivity contribution in [3.63, 3.8) is 0 Å². The summed E-state index contributed by atoms with van der Waals surface area (Å²) in [6.07, 6.45) is 5.57. The number of aliphatic hydroxyl groups is 1. The summed E-state index contributed by atoms with van der Waals surface area (Å²) < 4.78 is 0. The Balaban J connectivity index is 2.14. The van der Waals surface area contributed by atoms with Crippen LogP contribution in [0.4, 0.5) is 11.8 Å². The van der Waals surface area contributed by atoms with Crippen molar-refractivity contribution in [3.8, 4) is 0 Å². The summed E-state index contributed by atoms with van der Waals surface area (Å²) in [6.45, 7) is 8.77. The van der Waals surface area contributed by atoms with Gasteiger partial charge < -0.3 is 15.3 Å². The van der Waals surface area contributed by atoms with Crippen LogP contribution in [0.1, 0.15) is 45.1 Å². The van der Waals surface area contributed by atoms with Crippen molar-refractivity contribution in [3.05, 3.63) is 11.8 Å². The van der Waals surface area contributed by atoms with E-state index in [0.29, 0.717) is 5.95 Å². The van der Waals surface area contributed by atoms with Crippen LogP contribution in [-0.2, 0) is 0 Å². The van der Waals surface area contributed by atoms with Gasteiger partial charge in [0, 0.05) is 31.4 Å². The van der Waals surface area contributed by atoms with E-state index in [1.54, 1.807) is 0 Å². The lowest BCUT2D eigenvalue weighted by Crippen LogP contribution is -2.29. The van der Waals surface area contributed by atoms with Gasteiger partial charge in [-0.15, -0.1) is 0 Å². The second kappa shape index (κ2) is 6.39. The van der Waals surface area contributed by atoms with Gasteiger partial charge in [-0.25, -0.2) is 4.98 Å². The van der Waals surface area contributed by atoms with E-state index in [1.807, 2.05) is 20.0 Å². The van der Waals surface area contributed by atoms with Gasteiger partial charge in [0.05, 0.1) is 5.60 Å². The first-order chi connectivity index (χ1) is 9.52. The Morgan fingerprint density at radius 2 is 2.20 bits per heavy atom. The van der Waals surface area contributed by atoms with E-state index in [1.165, 1.54) is 0 Å². The normalized spacial score (nSPS) is 23.5. The molecule has 5 nitrogen and oxygen atoms in total. The molecule has 1 unspecified atom stereocenters. The van der Waals surface area contributed by atoms with Gasteiger partial charge in [-0.1, -0.05) is 6.92 Å². The largest absolute Gasteiger partial charge is 0.390 e. The van der Waals surface area contributed by atoms with Crippen LogP contribution in [-0.4, -0.2) is 40.3 Å². The molecule has 0 aliphatic carbocycles. The number of aromatic nitrogens is 2. The number of nitrogens with one attached hydrogen (secondary N) is 1. The lowest BCUT2D eigenvalue weighted by molar-refractivity contribution is 0.0481. The van der Waals surface area contributed by atoms with Crippen LogP contribution in [0.15, 0.2) is 6.20 Å².